The van der Waals surface area contributed by atoms with E-state index in [0.717, 1.165) is 0 Å². The summed E-state index contributed by atoms with van der Waals surface area (Å²) in [4.78, 5) is 21.7. The van der Waals surface area contributed by atoms with Gasteiger partial charge in [-0.25, -0.2) is 5.43 Å². The molecule has 0 saturated heterocycles. The Labute approximate surface area is 144 Å². The number of aromatic nitrogens is 2. The number of phenolic OH excluding ortho intramolecular Hbond substituents is 1. The van der Waals surface area contributed by atoms with Crippen LogP contribution in [0.3, 0.4) is 0 Å². The molecule has 0 radical (unpaired) electrons. The number of hydrazone groups is 1. The Morgan fingerprint density at radius 1 is 1.62 bits per heavy atom. The van der Waals surface area contributed by atoms with Crippen LogP contribution in [0, 0.1) is 10.1 Å². The predicted molar refractivity (Wildman–Crippen MR) is 85.7 cm³/mol. The van der Waals surface area contributed by atoms with E-state index in [1.807, 2.05) is 0 Å². The highest BCUT2D eigenvalue weighted by atomic mass is 79.9. The number of nitro groups is 1. The standard InChI is InChI=1S/C13H12BrN5O5/c1-24-11-3-8(2-10(14)13(11)21)4-15-17-12(20)7-18-6-9(5-16-18)19(22)23/h2-6H,7H2,1H3,(H2,15,17,20,21)/p+1. The first-order valence-corrected chi connectivity index (χ1v) is 7.30. The maximum Gasteiger partial charge on any atom is 0.355 e. The summed E-state index contributed by atoms with van der Waals surface area (Å²) in [5, 5.41) is 26.6. The second-order valence-electron chi connectivity index (χ2n) is 4.56. The Bertz CT molecular complexity index is 804. The fraction of sp³-hybridized carbons (Fsp3) is 0.154. The van der Waals surface area contributed by atoms with E-state index >= 15 is 0 Å². The van der Waals surface area contributed by atoms with Crippen LogP contribution in [-0.4, -0.2) is 34.4 Å². The number of aromatic amines is 1. The van der Waals surface area contributed by atoms with Crippen molar-refractivity contribution in [3.8, 4) is 11.5 Å². The van der Waals surface area contributed by atoms with Gasteiger partial charge in [0.05, 0.1) is 22.7 Å². The normalized spacial score (nSPS) is 10.8. The van der Waals surface area contributed by atoms with E-state index in [1.54, 1.807) is 12.1 Å². The number of phenols is 1. The smallest absolute Gasteiger partial charge is 0.355 e. The molecule has 0 bridgehead atoms. The summed E-state index contributed by atoms with van der Waals surface area (Å²) in [6, 6.07) is 3.13. The average Bonchev–Trinajstić information content (AvgIpc) is 2.99. The molecule has 2 aromatic rings. The van der Waals surface area contributed by atoms with Crippen LogP contribution in [-0.2, 0) is 11.3 Å². The fourth-order valence-electron chi connectivity index (χ4n) is 1.77. The number of carbonyl (C=O) groups excluding carboxylic acids is 1. The van der Waals surface area contributed by atoms with E-state index in [9.17, 15) is 20.0 Å². The number of nitrogens with zero attached hydrogens (tertiary/aromatic N) is 3. The van der Waals surface area contributed by atoms with Gasteiger partial charge in [0.2, 0.25) is 0 Å². The van der Waals surface area contributed by atoms with Crippen molar-refractivity contribution in [2.75, 3.05) is 7.11 Å². The number of nitrogens with one attached hydrogen (secondary N) is 2. The third-order valence-electron chi connectivity index (χ3n) is 2.86. The van der Waals surface area contributed by atoms with Crippen molar-refractivity contribution in [3.05, 3.63) is 44.7 Å². The molecule has 1 aromatic carbocycles. The van der Waals surface area contributed by atoms with Crippen molar-refractivity contribution < 1.29 is 24.2 Å². The molecular weight excluding hydrogens is 386 g/mol. The number of H-pyrrole nitrogens is 1. The minimum Gasteiger partial charge on any atom is -0.503 e. The van der Waals surface area contributed by atoms with Gasteiger partial charge >= 0.3 is 11.6 Å². The molecule has 0 aliphatic carbocycles. The Hall–Kier alpha value is -2.95. The zero-order valence-electron chi connectivity index (χ0n) is 12.4. The van der Waals surface area contributed by atoms with E-state index in [4.69, 9.17) is 4.74 Å². The van der Waals surface area contributed by atoms with Crippen LogP contribution >= 0.6 is 15.9 Å². The van der Waals surface area contributed by atoms with Gasteiger partial charge in [0.1, 0.15) is 6.20 Å². The molecule has 1 amide bonds. The molecule has 11 heteroatoms. The summed E-state index contributed by atoms with van der Waals surface area (Å²) in [6.07, 6.45) is 3.74. The fourth-order valence-corrected chi connectivity index (χ4v) is 2.23. The number of halogens is 1. The molecule has 24 heavy (non-hydrogen) atoms. The zero-order valence-corrected chi connectivity index (χ0v) is 14.0. The maximum atomic E-state index is 11.7. The van der Waals surface area contributed by atoms with E-state index in [-0.39, 0.29) is 23.7 Å². The molecule has 0 saturated carbocycles. The van der Waals surface area contributed by atoms with Crippen LogP contribution in [0.5, 0.6) is 11.5 Å². The largest absolute Gasteiger partial charge is 0.503 e. The summed E-state index contributed by atoms with van der Waals surface area (Å²) in [5.41, 5.74) is 2.73. The molecule has 1 aromatic heterocycles. The topological polar surface area (TPSA) is 134 Å². The van der Waals surface area contributed by atoms with E-state index in [0.29, 0.717) is 10.0 Å². The van der Waals surface area contributed by atoms with Gasteiger partial charge in [0, 0.05) is 0 Å². The van der Waals surface area contributed by atoms with Gasteiger partial charge in [0.15, 0.2) is 11.5 Å². The first-order valence-electron chi connectivity index (χ1n) is 6.51. The van der Waals surface area contributed by atoms with Crippen molar-refractivity contribution >= 4 is 33.7 Å². The number of carbonyl (C=O) groups is 1. The summed E-state index contributed by atoms with van der Waals surface area (Å²) in [5.74, 6) is -0.257. The molecule has 2 rings (SSSR count). The first-order chi connectivity index (χ1) is 11.4. The summed E-state index contributed by atoms with van der Waals surface area (Å²) in [6.45, 7) is -0.159. The lowest BCUT2D eigenvalue weighted by Gasteiger charge is -2.06. The number of hydrogen-bond donors (Lipinski definition) is 3. The number of aromatic hydroxyl groups is 1. The summed E-state index contributed by atoms with van der Waals surface area (Å²) < 4.78 is 6.68. The lowest BCUT2D eigenvalue weighted by Crippen LogP contribution is -2.42. The van der Waals surface area contributed by atoms with E-state index in [2.05, 4.69) is 31.6 Å². The van der Waals surface area contributed by atoms with Crippen LogP contribution < -0.4 is 14.8 Å². The second-order valence-corrected chi connectivity index (χ2v) is 5.41. The lowest BCUT2D eigenvalue weighted by molar-refractivity contribution is -0.739. The number of amides is 1. The van der Waals surface area contributed by atoms with Crippen molar-refractivity contribution in [1.82, 2.24) is 10.5 Å². The second kappa shape index (κ2) is 7.55. The highest BCUT2D eigenvalue weighted by Gasteiger charge is 2.17. The zero-order chi connectivity index (χ0) is 17.7. The van der Waals surface area contributed by atoms with Crippen LogP contribution in [0.1, 0.15) is 5.56 Å². The quantitative estimate of drug-likeness (QED) is 0.287. The van der Waals surface area contributed by atoms with Crippen LogP contribution in [0.25, 0.3) is 0 Å². The van der Waals surface area contributed by atoms with Crippen molar-refractivity contribution in [2.24, 2.45) is 5.10 Å². The van der Waals surface area contributed by atoms with Crippen LogP contribution in [0.15, 0.2) is 34.1 Å². The van der Waals surface area contributed by atoms with Crippen LogP contribution in [0.4, 0.5) is 5.69 Å². The van der Waals surface area contributed by atoms with Gasteiger partial charge in [-0.3, -0.25) is 14.9 Å². The molecular formula is C13H13BrN5O5+. The summed E-state index contributed by atoms with van der Waals surface area (Å²) >= 11 is 3.18. The number of hydrogen-bond acceptors (Lipinski definition) is 6. The maximum absolute atomic E-state index is 11.7. The number of rotatable bonds is 6. The number of methoxy groups -OCH3 is 1. The number of ether oxygens (including phenoxy) is 1. The van der Waals surface area contributed by atoms with Gasteiger partial charge in [-0.05, 0) is 33.6 Å². The van der Waals surface area contributed by atoms with Crippen molar-refractivity contribution in [1.29, 1.82) is 0 Å². The molecule has 0 unspecified atom stereocenters. The Morgan fingerprint density at radius 2 is 2.38 bits per heavy atom. The molecule has 0 spiro atoms. The highest BCUT2D eigenvalue weighted by molar-refractivity contribution is 9.10. The van der Waals surface area contributed by atoms with Crippen molar-refractivity contribution in [3.63, 3.8) is 0 Å². The monoisotopic (exact) mass is 398 g/mol. The Kier molecular flexibility index (Phi) is 5.47. The Balaban J connectivity index is 1.97. The van der Waals surface area contributed by atoms with E-state index in [1.165, 1.54) is 30.4 Å². The minimum absolute atomic E-state index is 0.0385. The van der Waals surface area contributed by atoms with Crippen molar-refractivity contribution in [2.45, 2.75) is 6.54 Å². The Morgan fingerprint density at radius 3 is 3.00 bits per heavy atom. The van der Waals surface area contributed by atoms with Gasteiger partial charge in [0.25, 0.3) is 12.7 Å². The van der Waals surface area contributed by atoms with Gasteiger partial charge in [-0.2, -0.15) is 10.2 Å². The molecule has 0 atom stereocenters. The molecule has 1 heterocycles. The third-order valence-corrected chi connectivity index (χ3v) is 3.47. The predicted octanol–water partition coefficient (Wildman–Crippen LogP) is 0.837. The lowest BCUT2D eigenvalue weighted by atomic mass is 10.2. The van der Waals surface area contributed by atoms with Gasteiger partial charge in [-0.1, -0.05) is 0 Å². The van der Waals surface area contributed by atoms with E-state index < -0.39 is 10.8 Å². The molecule has 3 N–H and O–H groups in total. The summed E-state index contributed by atoms with van der Waals surface area (Å²) in [7, 11) is 1.41. The third kappa shape index (κ3) is 4.29. The molecule has 10 nitrogen and oxygen atoms in total. The molecule has 126 valence electrons. The highest BCUT2D eigenvalue weighted by Crippen LogP contribution is 2.34. The van der Waals surface area contributed by atoms with Gasteiger partial charge in [-0.15, -0.1) is 4.68 Å². The SMILES string of the molecule is COc1cc(C=NNC(=O)C[n+]2cc([N+](=O)[O-])c[nH]2)cc(Br)c1O. The molecule has 0 fully saturated rings. The molecule has 0 aliphatic heterocycles. The molecule has 0 aliphatic rings. The number of benzene rings is 1. The minimum atomic E-state index is -0.570. The van der Waals surface area contributed by atoms with Crippen LogP contribution in [0.2, 0.25) is 0 Å². The van der Waals surface area contributed by atoms with Gasteiger partial charge < -0.3 is 9.84 Å². The first kappa shape index (κ1) is 17.4. The average molecular weight is 399 g/mol.